The quantitative estimate of drug-likeness (QED) is 0.910. The van der Waals surface area contributed by atoms with Crippen LogP contribution in [0.3, 0.4) is 0 Å². The first-order valence-corrected chi connectivity index (χ1v) is 6.84. The van der Waals surface area contributed by atoms with Gasteiger partial charge in [-0.25, -0.2) is 4.68 Å². The van der Waals surface area contributed by atoms with E-state index in [0.29, 0.717) is 22.9 Å². The summed E-state index contributed by atoms with van der Waals surface area (Å²) in [6, 6.07) is 9.56. The lowest BCUT2D eigenvalue weighted by Gasteiger charge is -2.17. The van der Waals surface area contributed by atoms with Crippen molar-refractivity contribution in [3.8, 4) is 17.5 Å². The van der Waals surface area contributed by atoms with E-state index in [-0.39, 0.29) is 0 Å². The highest BCUT2D eigenvalue weighted by Gasteiger charge is 2.20. The maximum Gasteiger partial charge on any atom is 0.171 e. The number of hydrogen-bond acceptors (Lipinski definition) is 5. The number of nitrogen functional groups attached to an aromatic ring is 1. The first kappa shape index (κ1) is 14.7. The van der Waals surface area contributed by atoms with Gasteiger partial charge in [0, 0.05) is 19.2 Å². The number of rotatable bonds is 5. The van der Waals surface area contributed by atoms with Gasteiger partial charge < -0.3 is 15.4 Å². The molecule has 2 N–H and O–H groups in total. The Labute approximate surface area is 124 Å². The van der Waals surface area contributed by atoms with Crippen molar-refractivity contribution >= 4 is 11.6 Å². The minimum Gasteiger partial charge on any atom is -0.497 e. The number of hydrogen-bond donors (Lipinski definition) is 1. The average molecular weight is 285 g/mol. The summed E-state index contributed by atoms with van der Waals surface area (Å²) in [5.74, 6) is 1.67. The highest BCUT2D eigenvalue weighted by atomic mass is 16.5. The molecule has 0 spiro atoms. The van der Waals surface area contributed by atoms with Crippen molar-refractivity contribution < 1.29 is 4.74 Å². The molecule has 0 aliphatic carbocycles. The van der Waals surface area contributed by atoms with Crippen LogP contribution < -0.4 is 15.4 Å². The number of anilines is 2. The molecule has 0 aliphatic heterocycles. The van der Waals surface area contributed by atoms with Gasteiger partial charge in [-0.3, -0.25) is 0 Å². The zero-order valence-corrected chi connectivity index (χ0v) is 12.5. The van der Waals surface area contributed by atoms with Crippen molar-refractivity contribution in [3.05, 3.63) is 29.8 Å². The second-order valence-electron chi connectivity index (χ2n) is 4.48. The van der Waals surface area contributed by atoms with Crippen molar-refractivity contribution in [1.82, 2.24) is 9.78 Å². The summed E-state index contributed by atoms with van der Waals surface area (Å²) in [4.78, 5) is 2.01. The Hall–Kier alpha value is -2.68. The fraction of sp³-hybridized carbons (Fsp3) is 0.333. The van der Waals surface area contributed by atoms with Crippen molar-refractivity contribution in [3.63, 3.8) is 0 Å². The lowest BCUT2D eigenvalue weighted by atomic mass is 10.3. The van der Waals surface area contributed by atoms with Crippen molar-refractivity contribution in [2.45, 2.75) is 13.8 Å². The van der Waals surface area contributed by atoms with E-state index in [1.54, 1.807) is 11.8 Å². The SMILES string of the molecule is CCN(CC)c1nn(-c2cccc(OC)c2)c(N)c1C#N. The zero-order valence-electron chi connectivity index (χ0n) is 12.5. The molecule has 110 valence electrons. The molecular weight excluding hydrogens is 266 g/mol. The number of methoxy groups -OCH3 is 1. The van der Waals surface area contributed by atoms with E-state index in [9.17, 15) is 5.26 Å². The van der Waals surface area contributed by atoms with E-state index in [1.807, 2.05) is 43.0 Å². The number of nitriles is 1. The van der Waals surface area contributed by atoms with Gasteiger partial charge in [0.25, 0.3) is 0 Å². The Kier molecular flexibility index (Phi) is 4.33. The van der Waals surface area contributed by atoms with Gasteiger partial charge in [-0.15, -0.1) is 5.10 Å². The summed E-state index contributed by atoms with van der Waals surface area (Å²) in [6.07, 6.45) is 0. The number of benzene rings is 1. The van der Waals surface area contributed by atoms with E-state index in [2.05, 4.69) is 11.2 Å². The Morgan fingerprint density at radius 3 is 2.67 bits per heavy atom. The number of aromatic nitrogens is 2. The number of ether oxygens (including phenoxy) is 1. The highest BCUT2D eigenvalue weighted by molar-refractivity contribution is 5.67. The largest absolute Gasteiger partial charge is 0.497 e. The highest BCUT2D eigenvalue weighted by Crippen LogP contribution is 2.28. The third-order valence-corrected chi connectivity index (χ3v) is 3.38. The normalized spacial score (nSPS) is 10.2. The maximum absolute atomic E-state index is 9.37. The molecule has 1 aromatic heterocycles. The van der Waals surface area contributed by atoms with E-state index in [1.165, 1.54) is 0 Å². The topological polar surface area (TPSA) is 80.1 Å². The summed E-state index contributed by atoms with van der Waals surface area (Å²) >= 11 is 0. The number of nitrogens with zero attached hydrogens (tertiary/aromatic N) is 4. The molecule has 1 aromatic carbocycles. The van der Waals surface area contributed by atoms with Gasteiger partial charge in [0.15, 0.2) is 5.82 Å². The van der Waals surface area contributed by atoms with Gasteiger partial charge in [-0.05, 0) is 26.0 Å². The molecule has 0 saturated carbocycles. The predicted molar refractivity (Wildman–Crippen MR) is 82.8 cm³/mol. The van der Waals surface area contributed by atoms with Crippen molar-refractivity contribution in [1.29, 1.82) is 5.26 Å². The molecule has 0 bridgehead atoms. The Bertz CT molecular complexity index is 667. The minimum absolute atomic E-state index is 0.340. The van der Waals surface area contributed by atoms with Crippen LogP contribution in [0.5, 0.6) is 5.75 Å². The van der Waals surface area contributed by atoms with E-state index in [0.717, 1.165) is 18.8 Å². The molecule has 6 nitrogen and oxygen atoms in total. The van der Waals surface area contributed by atoms with Gasteiger partial charge in [0.2, 0.25) is 0 Å². The molecule has 0 saturated heterocycles. The first-order chi connectivity index (χ1) is 10.2. The van der Waals surface area contributed by atoms with E-state index < -0.39 is 0 Å². The Balaban J connectivity index is 2.57. The van der Waals surface area contributed by atoms with Crippen LogP contribution in [0, 0.1) is 11.3 Å². The third-order valence-electron chi connectivity index (χ3n) is 3.38. The number of nitrogens with two attached hydrogens (primary N) is 1. The Morgan fingerprint density at radius 2 is 2.10 bits per heavy atom. The molecule has 0 unspecified atom stereocenters. The molecule has 0 fully saturated rings. The summed E-state index contributed by atoms with van der Waals surface area (Å²) in [7, 11) is 1.60. The molecule has 6 heteroatoms. The van der Waals surface area contributed by atoms with Gasteiger partial charge >= 0.3 is 0 Å². The predicted octanol–water partition coefficient (Wildman–Crippen LogP) is 2.18. The van der Waals surface area contributed by atoms with Crippen LogP contribution in [0.1, 0.15) is 19.4 Å². The van der Waals surface area contributed by atoms with Crippen LogP contribution in [0.4, 0.5) is 11.6 Å². The lowest BCUT2D eigenvalue weighted by molar-refractivity contribution is 0.414. The van der Waals surface area contributed by atoms with Crippen LogP contribution in [-0.2, 0) is 0 Å². The fourth-order valence-corrected chi connectivity index (χ4v) is 2.21. The average Bonchev–Trinajstić information content (AvgIpc) is 2.85. The second kappa shape index (κ2) is 6.18. The van der Waals surface area contributed by atoms with Gasteiger partial charge in [0.05, 0.1) is 12.8 Å². The van der Waals surface area contributed by atoms with Gasteiger partial charge in [-0.2, -0.15) is 5.26 Å². The summed E-state index contributed by atoms with van der Waals surface area (Å²) in [6.45, 7) is 5.57. The molecule has 0 aliphatic rings. The molecule has 2 rings (SSSR count). The standard InChI is InChI=1S/C15H19N5O/c1-4-19(5-2)15-13(10-16)14(17)20(18-15)11-7-6-8-12(9-11)21-3/h6-9H,4-5,17H2,1-3H3. The van der Waals surface area contributed by atoms with Crippen LogP contribution in [0.2, 0.25) is 0 Å². The zero-order chi connectivity index (χ0) is 15.4. The van der Waals surface area contributed by atoms with Crippen molar-refractivity contribution in [2.24, 2.45) is 0 Å². The van der Waals surface area contributed by atoms with Crippen LogP contribution in [0.15, 0.2) is 24.3 Å². The van der Waals surface area contributed by atoms with Crippen LogP contribution >= 0.6 is 0 Å². The summed E-state index contributed by atoms with van der Waals surface area (Å²) in [5.41, 5.74) is 7.27. The molecule has 21 heavy (non-hydrogen) atoms. The lowest BCUT2D eigenvalue weighted by Crippen LogP contribution is -2.23. The fourth-order valence-electron chi connectivity index (χ4n) is 2.21. The van der Waals surface area contributed by atoms with Crippen LogP contribution in [-0.4, -0.2) is 30.0 Å². The van der Waals surface area contributed by atoms with Crippen molar-refractivity contribution in [2.75, 3.05) is 30.8 Å². The van der Waals surface area contributed by atoms with E-state index in [4.69, 9.17) is 10.5 Å². The molecule has 2 aromatic rings. The minimum atomic E-state index is 0.340. The monoisotopic (exact) mass is 285 g/mol. The summed E-state index contributed by atoms with van der Waals surface area (Å²) < 4.78 is 6.79. The second-order valence-corrected chi connectivity index (χ2v) is 4.48. The van der Waals surface area contributed by atoms with Gasteiger partial charge in [0.1, 0.15) is 23.2 Å². The molecular formula is C15H19N5O. The maximum atomic E-state index is 9.37. The first-order valence-electron chi connectivity index (χ1n) is 6.84. The smallest absolute Gasteiger partial charge is 0.171 e. The molecule has 1 heterocycles. The molecule has 0 amide bonds. The molecule has 0 atom stereocenters. The van der Waals surface area contributed by atoms with Crippen LogP contribution in [0.25, 0.3) is 5.69 Å². The molecule has 0 radical (unpaired) electrons. The van der Waals surface area contributed by atoms with Gasteiger partial charge in [-0.1, -0.05) is 6.07 Å². The Morgan fingerprint density at radius 1 is 1.38 bits per heavy atom. The summed E-state index contributed by atoms with van der Waals surface area (Å²) in [5, 5.41) is 13.9. The third kappa shape index (κ3) is 2.63. The van der Waals surface area contributed by atoms with E-state index >= 15 is 0 Å².